The molecule has 1 aliphatic carbocycles. The van der Waals surface area contributed by atoms with Crippen molar-refractivity contribution in [3.63, 3.8) is 0 Å². The molecule has 0 fully saturated rings. The van der Waals surface area contributed by atoms with Crippen LogP contribution < -0.4 is 5.32 Å². The fourth-order valence-corrected chi connectivity index (χ4v) is 3.58. The van der Waals surface area contributed by atoms with Gasteiger partial charge in [-0.25, -0.2) is 0 Å². The Hall–Kier alpha value is -1.69. The van der Waals surface area contributed by atoms with Crippen molar-refractivity contribution in [2.75, 3.05) is 0 Å². The number of aromatic nitrogens is 2. The molecule has 3 rings (SSSR count). The van der Waals surface area contributed by atoms with Crippen LogP contribution in [0.5, 0.6) is 0 Å². The molecular formula is C14H17N3O2S. The summed E-state index contributed by atoms with van der Waals surface area (Å²) in [6.45, 7) is 3.58. The quantitative estimate of drug-likeness (QED) is 0.944. The zero-order valence-electron chi connectivity index (χ0n) is 11.6. The second-order valence-electron chi connectivity index (χ2n) is 5.12. The summed E-state index contributed by atoms with van der Waals surface area (Å²) >= 11 is 1.61. The molecule has 0 radical (unpaired) electrons. The maximum absolute atomic E-state index is 12.3. The molecule has 2 aromatic rings. The van der Waals surface area contributed by atoms with Crippen LogP contribution in [0.25, 0.3) is 0 Å². The van der Waals surface area contributed by atoms with Crippen molar-refractivity contribution in [1.82, 2.24) is 15.5 Å². The highest BCUT2D eigenvalue weighted by atomic mass is 32.1. The third-order valence-corrected chi connectivity index (χ3v) is 4.72. The normalized spacial score (nSPS) is 15.7. The fraction of sp³-hybridized carbons (Fsp3) is 0.500. The van der Waals surface area contributed by atoms with Gasteiger partial charge in [0.1, 0.15) is 6.04 Å². The molecule has 0 unspecified atom stereocenters. The summed E-state index contributed by atoms with van der Waals surface area (Å²) in [5.41, 5.74) is 1.34. The van der Waals surface area contributed by atoms with E-state index in [1.54, 1.807) is 18.3 Å². The van der Waals surface area contributed by atoms with Crippen molar-refractivity contribution in [2.24, 2.45) is 0 Å². The summed E-state index contributed by atoms with van der Waals surface area (Å²) in [4.78, 5) is 14.4. The predicted molar refractivity (Wildman–Crippen MR) is 75.9 cm³/mol. The highest BCUT2D eigenvalue weighted by Gasteiger charge is 2.20. The molecule has 0 saturated heterocycles. The number of nitrogens with zero attached hydrogens (tertiary/aromatic N) is 2. The topological polar surface area (TPSA) is 68.0 Å². The summed E-state index contributed by atoms with van der Waals surface area (Å²) in [7, 11) is 0. The number of amides is 1. The minimum Gasteiger partial charge on any atom is -0.423 e. The third-order valence-electron chi connectivity index (χ3n) is 3.48. The predicted octanol–water partition coefficient (Wildman–Crippen LogP) is 2.81. The number of thiophene rings is 1. The third kappa shape index (κ3) is 2.60. The molecule has 0 aromatic carbocycles. The molecule has 1 N–H and O–H groups in total. The number of rotatable bonds is 3. The highest BCUT2D eigenvalue weighted by molar-refractivity contribution is 7.14. The number of carbonyl (C=O) groups excluding carboxylic acids is 1. The van der Waals surface area contributed by atoms with E-state index in [2.05, 4.69) is 15.5 Å². The molecule has 0 saturated carbocycles. The maximum atomic E-state index is 12.3. The van der Waals surface area contributed by atoms with E-state index < -0.39 is 0 Å². The van der Waals surface area contributed by atoms with Crippen LogP contribution in [0.1, 0.15) is 57.7 Å². The summed E-state index contributed by atoms with van der Waals surface area (Å²) in [5.74, 6) is 0.887. The van der Waals surface area contributed by atoms with E-state index in [0.29, 0.717) is 11.8 Å². The minimum atomic E-state index is -0.275. The van der Waals surface area contributed by atoms with E-state index in [1.165, 1.54) is 23.3 Å². The second-order valence-corrected chi connectivity index (χ2v) is 6.26. The van der Waals surface area contributed by atoms with E-state index in [0.717, 1.165) is 17.7 Å². The summed E-state index contributed by atoms with van der Waals surface area (Å²) in [6.07, 6.45) is 4.65. The monoisotopic (exact) mass is 291 g/mol. The number of nitrogens with one attached hydrogen (secondary N) is 1. The first-order valence-electron chi connectivity index (χ1n) is 6.86. The first-order chi connectivity index (χ1) is 9.63. The van der Waals surface area contributed by atoms with Crippen LogP contribution in [0.15, 0.2) is 10.5 Å². The molecule has 1 atom stereocenters. The second kappa shape index (κ2) is 5.36. The summed E-state index contributed by atoms with van der Waals surface area (Å²) in [6, 6.07) is 1.75. The van der Waals surface area contributed by atoms with Crippen LogP contribution in [0.2, 0.25) is 0 Å². The van der Waals surface area contributed by atoms with Gasteiger partial charge in [0.2, 0.25) is 11.8 Å². The van der Waals surface area contributed by atoms with Gasteiger partial charge in [-0.2, -0.15) is 0 Å². The first-order valence-corrected chi connectivity index (χ1v) is 7.67. The Kier molecular flexibility index (Phi) is 3.56. The van der Waals surface area contributed by atoms with Gasteiger partial charge in [0.15, 0.2) is 0 Å². The first kappa shape index (κ1) is 13.3. The molecule has 1 amide bonds. The Balaban J connectivity index is 1.71. The Bertz CT molecular complexity index is 609. The van der Waals surface area contributed by atoms with E-state index in [-0.39, 0.29) is 11.9 Å². The molecule has 0 bridgehead atoms. The van der Waals surface area contributed by atoms with Gasteiger partial charge in [0, 0.05) is 11.8 Å². The zero-order chi connectivity index (χ0) is 14.1. The SMILES string of the molecule is Cc1nnc([C@@H](C)NC(=O)c2cc3c(s2)CCCC3)o1. The summed E-state index contributed by atoms with van der Waals surface area (Å²) < 4.78 is 5.33. The molecule has 0 spiro atoms. The lowest BCUT2D eigenvalue weighted by atomic mass is 9.99. The van der Waals surface area contributed by atoms with E-state index in [1.807, 2.05) is 13.0 Å². The van der Waals surface area contributed by atoms with Crippen molar-refractivity contribution in [3.8, 4) is 0 Å². The van der Waals surface area contributed by atoms with Crippen LogP contribution >= 0.6 is 11.3 Å². The van der Waals surface area contributed by atoms with Gasteiger partial charge >= 0.3 is 0 Å². The molecule has 106 valence electrons. The average Bonchev–Trinajstić information content (AvgIpc) is 3.04. The zero-order valence-corrected chi connectivity index (χ0v) is 12.4. The number of fused-ring (bicyclic) bond motifs is 1. The van der Waals surface area contributed by atoms with E-state index in [4.69, 9.17) is 4.42 Å². The fourth-order valence-electron chi connectivity index (χ4n) is 2.42. The van der Waals surface area contributed by atoms with Gasteiger partial charge in [-0.3, -0.25) is 4.79 Å². The lowest BCUT2D eigenvalue weighted by Crippen LogP contribution is -2.26. The molecule has 6 heteroatoms. The smallest absolute Gasteiger partial charge is 0.262 e. The van der Waals surface area contributed by atoms with Gasteiger partial charge in [-0.15, -0.1) is 21.5 Å². The largest absolute Gasteiger partial charge is 0.423 e. The van der Waals surface area contributed by atoms with Crippen LogP contribution in [0.3, 0.4) is 0 Å². The summed E-state index contributed by atoms with van der Waals surface area (Å²) in [5, 5.41) is 10.6. The molecule has 0 aliphatic heterocycles. The average molecular weight is 291 g/mol. The van der Waals surface area contributed by atoms with Gasteiger partial charge in [-0.1, -0.05) is 0 Å². The van der Waals surface area contributed by atoms with Crippen LogP contribution in [0, 0.1) is 6.92 Å². The van der Waals surface area contributed by atoms with Crippen molar-refractivity contribution in [1.29, 1.82) is 0 Å². The van der Waals surface area contributed by atoms with Crippen molar-refractivity contribution < 1.29 is 9.21 Å². The van der Waals surface area contributed by atoms with Gasteiger partial charge in [-0.05, 0) is 44.2 Å². The molecule has 1 aliphatic rings. The molecule has 2 aromatic heterocycles. The lowest BCUT2D eigenvalue weighted by molar-refractivity contribution is 0.0938. The van der Waals surface area contributed by atoms with Crippen molar-refractivity contribution in [3.05, 3.63) is 33.2 Å². The van der Waals surface area contributed by atoms with E-state index in [9.17, 15) is 4.79 Å². The van der Waals surface area contributed by atoms with Gasteiger partial charge in [0.25, 0.3) is 5.91 Å². The molecular weight excluding hydrogens is 274 g/mol. The Morgan fingerprint density at radius 2 is 2.20 bits per heavy atom. The highest BCUT2D eigenvalue weighted by Crippen LogP contribution is 2.29. The van der Waals surface area contributed by atoms with Crippen molar-refractivity contribution >= 4 is 17.2 Å². The van der Waals surface area contributed by atoms with E-state index >= 15 is 0 Å². The number of hydrogen-bond acceptors (Lipinski definition) is 5. The minimum absolute atomic E-state index is 0.0623. The van der Waals surface area contributed by atoms with Crippen LogP contribution in [-0.2, 0) is 12.8 Å². The molecule has 20 heavy (non-hydrogen) atoms. The van der Waals surface area contributed by atoms with Gasteiger partial charge in [0.05, 0.1) is 4.88 Å². The van der Waals surface area contributed by atoms with Crippen LogP contribution in [-0.4, -0.2) is 16.1 Å². The van der Waals surface area contributed by atoms with Crippen molar-refractivity contribution in [2.45, 2.75) is 45.6 Å². The Morgan fingerprint density at radius 1 is 1.40 bits per heavy atom. The number of carbonyl (C=O) groups is 1. The molecule has 2 heterocycles. The standard InChI is InChI=1S/C14H17N3O2S/c1-8(14-17-16-9(2)19-14)15-13(18)12-7-10-5-3-4-6-11(10)20-12/h7-8H,3-6H2,1-2H3,(H,15,18)/t8-/m1/s1. The molecule has 5 nitrogen and oxygen atoms in total. The number of hydrogen-bond donors (Lipinski definition) is 1. The van der Waals surface area contributed by atoms with Gasteiger partial charge < -0.3 is 9.73 Å². The lowest BCUT2D eigenvalue weighted by Gasteiger charge is -2.08. The van der Waals surface area contributed by atoms with Crippen LogP contribution in [0.4, 0.5) is 0 Å². The Labute approximate surface area is 121 Å². The Morgan fingerprint density at radius 3 is 2.90 bits per heavy atom. The number of aryl methyl sites for hydroxylation is 3. The maximum Gasteiger partial charge on any atom is 0.262 e.